The van der Waals surface area contributed by atoms with Crippen molar-refractivity contribution in [3.05, 3.63) is 49.9 Å². The van der Waals surface area contributed by atoms with Crippen LogP contribution in [0.1, 0.15) is 40.8 Å². The van der Waals surface area contributed by atoms with Gasteiger partial charge in [-0.25, -0.2) is 4.98 Å². The van der Waals surface area contributed by atoms with E-state index in [2.05, 4.69) is 10.3 Å². The quantitative estimate of drug-likeness (QED) is 0.839. The minimum Gasteiger partial charge on any atom is -0.345 e. The molecule has 1 N–H and O–H groups in total. The van der Waals surface area contributed by atoms with E-state index in [4.69, 9.17) is 23.2 Å². The molecule has 20 heavy (non-hydrogen) atoms. The number of rotatable bonds is 4. The zero-order valence-electron chi connectivity index (χ0n) is 11.1. The Morgan fingerprint density at radius 2 is 2.15 bits per heavy atom. The zero-order chi connectivity index (χ0) is 14.7. The Balaban J connectivity index is 2.13. The lowest BCUT2D eigenvalue weighted by molar-refractivity contribution is 0.0940. The molecule has 0 aliphatic carbocycles. The van der Waals surface area contributed by atoms with Gasteiger partial charge < -0.3 is 5.32 Å². The van der Waals surface area contributed by atoms with E-state index in [0.29, 0.717) is 15.1 Å². The lowest BCUT2D eigenvalue weighted by Gasteiger charge is -2.12. The number of hydrogen-bond donors (Lipinski definition) is 1. The van der Waals surface area contributed by atoms with Gasteiger partial charge in [0.15, 0.2) is 0 Å². The van der Waals surface area contributed by atoms with Crippen molar-refractivity contribution in [2.45, 2.75) is 26.3 Å². The molecule has 0 fully saturated rings. The Hall–Kier alpha value is -1.10. The number of carbonyl (C=O) groups is 1. The van der Waals surface area contributed by atoms with Gasteiger partial charge in [0.25, 0.3) is 5.91 Å². The van der Waals surface area contributed by atoms with Crippen LogP contribution < -0.4 is 5.32 Å². The summed E-state index contributed by atoms with van der Waals surface area (Å²) in [5, 5.41) is 3.27. The van der Waals surface area contributed by atoms with Gasteiger partial charge in [0.1, 0.15) is 5.15 Å². The third-order valence-corrected chi connectivity index (χ3v) is 4.45. The first kappa shape index (κ1) is 15.3. The molecule has 2 aromatic heterocycles. The van der Waals surface area contributed by atoms with E-state index in [-0.39, 0.29) is 11.9 Å². The predicted molar refractivity (Wildman–Crippen MR) is 83.8 cm³/mol. The Bertz CT molecular complexity index is 627. The summed E-state index contributed by atoms with van der Waals surface area (Å²) < 4.78 is 0.710. The van der Waals surface area contributed by atoms with Gasteiger partial charge >= 0.3 is 0 Å². The lowest BCUT2D eigenvalue weighted by Crippen LogP contribution is -2.26. The molecule has 2 rings (SSSR count). The van der Waals surface area contributed by atoms with Gasteiger partial charge in [-0.3, -0.25) is 4.79 Å². The van der Waals surface area contributed by atoms with E-state index < -0.39 is 0 Å². The standard InChI is InChI=1S/C14H14Cl2N2OS/c1-3-10-6-9(7-12(15)18-10)14(19)17-8(2)11-4-5-13(16)20-11/h4-8H,3H2,1-2H3,(H,17,19). The molecule has 0 aliphatic heterocycles. The zero-order valence-corrected chi connectivity index (χ0v) is 13.4. The largest absolute Gasteiger partial charge is 0.345 e. The van der Waals surface area contributed by atoms with Gasteiger partial charge in [0.2, 0.25) is 0 Å². The molecule has 0 radical (unpaired) electrons. The van der Waals surface area contributed by atoms with Crippen LogP contribution in [0.25, 0.3) is 0 Å². The Morgan fingerprint density at radius 1 is 1.40 bits per heavy atom. The number of hydrogen-bond acceptors (Lipinski definition) is 3. The number of nitrogens with zero attached hydrogens (tertiary/aromatic N) is 1. The maximum absolute atomic E-state index is 12.2. The summed E-state index contributed by atoms with van der Waals surface area (Å²) in [6.07, 6.45) is 0.733. The fourth-order valence-corrected chi connectivity index (χ4v) is 3.06. The third kappa shape index (κ3) is 3.72. The van der Waals surface area contributed by atoms with Crippen molar-refractivity contribution in [1.82, 2.24) is 10.3 Å². The second-order valence-corrected chi connectivity index (χ2v) is 6.49. The highest BCUT2D eigenvalue weighted by Gasteiger charge is 2.14. The average Bonchev–Trinajstić information content (AvgIpc) is 2.84. The summed E-state index contributed by atoms with van der Waals surface area (Å²) in [7, 11) is 0. The Morgan fingerprint density at radius 3 is 2.75 bits per heavy atom. The van der Waals surface area contributed by atoms with Crippen molar-refractivity contribution >= 4 is 40.4 Å². The summed E-state index contributed by atoms with van der Waals surface area (Å²) in [6.45, 7) is 3.89. The van der Waals surface area contributed by atoms with Crippen LogP contribution in [0.2, 0.25) is 9.49 Å². The van der Waals surface area contributed by atoms with E-state index in [1.165, 1.54) is 11.3 Å². The van der Waals surface area contributed by atoms with Crippen LogP contribution in [0, 0.1) is 0 Å². The van der Waals surface area contributed by atoms with E-state index in [9.17, 15) is 4.79 Å². The third-order valence-electron chi connectivity index (χ3n) is 2.84. The first-order chi connectivity index (χ1) is 9.49. The topological polar surface area (TPSA) is 42.0 Å². The molecular formula is C14H14Cl2N2OS. The summed E-state index contributed by atoms with van der Waals surface area (Å²) in [4.78, 5) is 17.4. The van der Waals surface area contributed by atoms with Crippen LogP contribution in [-0.4, -0.2) is 10.9 Å². The van der Waals surface area contributed by atoms with Crippen LogP contribution in [0.15, 0.2) is 24.3 Å². The number of aryl methyl sites for hydroxylation is 1. The molecule has 6 heteroatoms. The molecule has 1 atom stereocenters. The fourth-order valence-electron chi connectivity index (χ4n) is 1.78. The summed E-state index contributed by atoms with van der Waals surface area (Å²) in [5.41, 5.74) is 1.32. The van der Waals surface area contributed by atoms with E-state index >= 15 is 0 Å². The van der Waals surface area contributed by atoms with E-state index in [0.717, 1.165) is 17.0 Å². The first-order valence-corrected chi connectivity index (χ1v) is 7.79. The minimum absolute atomic E-state index is 0.1000. The molecule has 0 bridgehead atoms. The SMILES string of the molecule is CCc1cc(C(=O)NC(C)c2ccc(Cl)s2)cc(Cl)n1. The maximum Gasteiger partial charge on any atom is 0.251 e. The molecule has 0 spiro atoms. The van der Waals surface area contributed by atoms with Crippen LogP contribution >= 0.6 is 34.5 Å². The summed E-state index contributed by atoms with van der Waals surface area (Å²) in [5.74, 6) is -0.166. The van der Waals surface area contributed by atoms with Crippen molar-refractivity contribution in [3.63, 3.8) is 0 Å². The van der Waals surface area contributed by atoms with Gasteiger partial charge in [-0.1, -0.05) is 30.1 Å². The molecule has 2 heterocycles. The molecule has 1 amide bonds. The second-order valence-electron chi connectivity index (χ2n) is 4.36. The Labute approximate surface area is 131 Å². The molecule has 3 nitrogen and oxygen atoms in total. The number of thiophene rings is 1. The molecule has 0 aliphatic rings. The summed E-state index contributed by atoms with van der Waals surface area (Å²) in [6, 6.07) is 6.97. The van der Waals surface area contributed by atoms with Crippen LogP contribution in [0.4, 0.5) is 0 Å². The maximum atomic E-state index is 12.2. The van der Waals surface area contributed by atoms with Crippen molar-refractivity contribution in [2.24, 2.45) is 0 Å². The molecular weight excluding hydrogens is 315 g/mol. The number of carbonyl (C=O) groups excluding carboxylic acids is 1. The molecule has 106 valence electrons. The Kier molecular flexibility index (Phi) is 5.02. The number of aromatic nitrogens is 1. The fraction of sp³-hybridized carbons (Fsp3) is 0.286. The first-order valence-electron chi connectivity index (χ1n) is 6.22. The van der Waals surface area contributed by atoms with Gasteiger partial charge in [-0.2, -0.15) is 0 Å². The van der Waals surface area contributed by atoms with Crippen LogP contribution in [0.5, 0.6) is 0 Å². The smallest absolute Gasteiger partial charge is 0.251 e. The predicted octanol–water partition coefficient (Wildman–Crippen LogP) is 4.50. The van der Waals surface area contributed by atoms with Gasteiger partial charge in [-0.05, 0) is 37.6 Å². The van der Waals surface area contributed by atoms with Crippen LogP contribution in [0.3, 0.4) is 0 Å². The highest BCUT2D eigenvalue weighted by atomic mass is 35.5. The molecule has 0 aromatic carbocycles. The van der Waals surface area contributed by atoms with Crippen LogP contribution in [-0.2, 0) is 6.42 Å². The van der Waals surface area contributed by atoms with E-state index in [1.807, 2.05) is 26.0 Å². The summed E-state index contributed by atoms with van der Waals surface area (Å²) >= 11 is 13.3. The highest BCUT2D eigenvalue weighted by molar-refractivity contribution is 7.16. The van der Waals surface area contributed by atoms with Crippen molar-refractivity contribution < 1.29 is 4.79 Å². The normalized spacial score (nSPS) is 12.2. The average molecular weight is 329 g/mol. The van der Waals surface area contributed by atoms with Gasteiger partial charge in [0.05, 0.1) is 10.4 Å². The minimum atomic E-state index is -0.166. The molecule has 2 aromatic rings. The van der Waals surface area contributed by atoms with Crippen molar-refractivity contribution in [2.75, 3.05) is 0 Å². The molecule has 0 saturated carbocycles. The lowest BCUT2D eigenvalue weighted by atomic mass is 10.1. The van der Waals surface area contributed by atoms with Crippen molar-refractivity contribution in [1.29, 1.82) is 0 Å². The highest BCUT2D eigenvalue weighted by Crippen LogP contribution is 2.26. The number of pyridine rings is 1. The molecule has 0 saturated heterocycles. The van der Waals surface area contributed by atoms with Crippen molar-refractivity contribution in [3.8, 4) is 0 Å². The monoisotopic (exact) mass is 328 g/mol. The number of amides is 1. The number of nitrogens with one attached hydrogen (secondary N) is 1. The van der Waals surface area contributed by atoms with Gasteiger partial charge in [0, 0.05) is 16.1 Å². The number of halogens is 2. The molecule has 1 unspecified atom stereocenters. The van der Waals surface area contributed by atoms with Gasteiger partial charge in [-0.15, -0.1) is 11.3 Å². The second kappa shape index (κ2) is 6.57. The van der Waals surface area contributed by atoms with E-state index in [1.54, 1.807) is 12.1 Å².